The van der Waals surface area contributed by atoms with E-state index in [0.717, 1.165) is 5.56 Å². The van der Waals surface area contributed by atoms with Crippen molar-refractivity contribution in [2.24, 2.45) is 0 Å². The highest BCUT2D eigenvalue weighted by Gasteiger charge is 2.12. The molecule has 0 heterocycles. The minimum Gasteiger partial charge on any atom is -0.337 e. The van der Waals surface area contributed by atoms with Gasteiger partial charge < -0.3 is 10.2 Å². The number of hydrogen-bond acceptors (Lipinski definition) is 2. The van der Waals surface area contributed by atoms with Gasteiger partial charge in [0.2, 0.25) is 5.91 Å². The summed E-state index contributed by atoms with van der Waals surface area (Å²) < 4.78 is 0. The van der Waals surface area contributed by atoms with E-state index in [4.69, 9.17) is 11.6 Å². The molecule has 0 unspecified atom stereocenters. The molecule has 2 aromatic rings. The molecule has 0 atom stereocenters. The Morgan fingerprint density at radius 1 is 1.14 bits per heavy atom. The van der Waals surface area contributed by atoms with Crippen LogP contribution in [0.4, 0.5) is 5.69 Å². The van der Waals surface area contributed by atoms with Crippen molar-refractivity contribution in [1.29, 1.82) is 0 Å². The van der Waals surface area contributed by atoms with E-state index in [1.807, 2.05) is 12.1 Å². The van der Waals surface area contributed by atoms with Crippen LogP contribution >= 0.6 is 11.6 Å². The Kier molecular flexibility index (Phi) is 5.17. The van der Waals surface area contributed by atoms with Gasteiger partial charge in [0.1, 0.15) is 0 Å². The van der Waals surface area contributed by atoms with Crippen LogP contribution in [-0.4, -0.2) is 23.8 Å². The first-order chi connectivity index (χ1) is 10.5. The topological polar surface area (TPSA) is 49.4 Å². The first kappa shape index (κ1) is 16.0. The highest BCUT2D eigenvalue weighted by atomic mass is 35.5. The average molecular weight is 317 g/mol. The van der Waals surface area contributed by atoms with Crippen molar-refractivity contribution in [3.05, 3.63) is 64.7 Å². The van der Waals surface area contributed by atoms with Gasteiger partial charge in [0.05, 0.1) is 0 Å². The van der Waals surface area contributed by atoms with Gasteiger partial charge in [-0.2, -0.15) is 0 Å². The third-order valence-electron chi connectivity index (χ3n) is 3.11. The molecule has 0 saturated carbocycles. The number of rotatable bonds is 4. The molecule has 0 aromatic heterocycles. The molecule has 0 radical (unpaired) electrons. The van der Waals surface area contributed by atoms with Crippen molar-refractivity contribution in [2.75, 3.05) is 12.4 Å². The Bertz CT molecular complexity index is 683. The molecule has 0 aliphatic rings. The lowest BCUT2D eigenvalue weighted by atomic mass is 10.1. The van der Waals surface area contributed by atoms with Gasteiger partial charge >= 0.3 is 0 Å². The van der Waals surface area contributed by atoms with Crippen LogP contribution in [0.5, 0.6) is 0 Å². The van der Waals surface area contributed by atoms with Crippen LogP contribution in [0, 0.1) is 0 Å². The van der Waals surface area contributed by atoms with Gasteiger partial charge in [-0.25, -0.2) is 0 Å². The van der Waals surface area contributed by atoms with E-state index >= 15 is 0 Å². The minimum absolute atomic E-state index is 0.109. The van der Waals surface area contributed by atoms with Gasteiger partial charge in [-0.1, -0.05) is 29.8 Å². The van der Waals surface area contributed by atoms with Crippen LogP contribution in [-0.2, 0) is 11.3 Å². The smallest absolute Gasteiger partial charge is 0.253 e. The van der Waals surface area contributed by atoms with Gasteiger partial charge in [-0.05, 0) is 35.9 Å². The summed E-state index contributed by atoms with van der Waals surface area (Å²) in [4.78, 5) is 25.1. The van der Waals surface area contributed by atoms with Crippen molar-refractivity contribution in [3.8, 4) is 0 Å². The summed E-state index contributed by atoms with van der Waals surface area (Å²) in [5.74, 6) is -0.277. The SMILES string of the molecule is CC(=O)Nc1cccc(C(=O)N(C)Cc2ccc(Cl)cc2)c1. The number of halogens is 1. The van der Waals surface area contributed by atoms with E-state index in [2.05, 4.69) is 5.32 Å². The summed E-state index contributed by atoms with van der Waals surface area (Å²) in [6.07, 6.45) is 0. The third kappa shape index (κ3) is 4.33. The quantitative estimate of drug-likeness (QED) is 0.937. The molecule has 0 aliphatic carbocycles. The summed E-state index contributed by atoms with van der Waals surface area (Å²) in [5.41, 5.74) is 2.14. The first-order valence-electron chi connectivity index (χ1n) is 6.83. The van der Waals surface area contributed by atoms with E-state index in [9.17, 15) is 9.59 Å². The number of anilines is 1. The monoisotopic (exact) mass is 316 g/mol. The molecular formula is C17H17ClN2O2. The average Bonchev–Trinajstić information content (AvgIpc) is 2.48. The molecule has 0 spiro atoms. The minimum atomic E-state index is -0.167. The molecular weight excluding hydrogens is 300 g/mol. The summed E-state index contributed by atoms with van der Waals surface area (Å²) in [7, 11) is 1.74. The largest absolute Gasteiger partial charge is 0.337 e. The molecule has 0 bridgehead atoms. The van der Waals surface area contributed by atoms with Gasteiger partial charge in [0, 0.05) is 36.8 Å². The van der Waals surface area contributed by atoms with Crippen LogP contribution in [0.25, 0.3) is 0 Å². The molecule has 114 valence electrons. The van der Waals surface area contributed by atoms with Gasteiger partial charge in [0.25, 0.3) is 5.91 Å². The summed E-state index contributed by atoms with van der Waals surface area (Å²) in [5, 5.41) is 3.34. The Hall–Kier alpha value is -2.33. The zero-order valence-electron chi connectivity index (χ0n) is 12.5. The third-order valence-corrected chi connectivity index (χ3v) is 3.36. The lowest BCUT2D eigenvalue weighted by Crippen LogP contribution is -2.26. The van der Waals surface area contributed by atoms with Crippen molar-refractivity contribution in [1.82, 2.24) is 4.90 Å². The maximum Gasteiger partial charge on any atom is 0.253 e. The molecule has 2 rings (SSSR count). The summed E-state index contributed by atoms with van der Waals surface area (Å²) in [6.45, 7) is 1.92. The van der Waals surface area contributed by atoms with Crippen LogP contribution in [0.1, 0.15) is 22.8 Å². The molecule has 2 amide bonds. The number of hydrogen-bond donors (Lipinski definition) is 1. The number of amides is 2. The Balaban J connectivity index is 2.09. The molecule has 5 heteroatoms. The van der Waals surface area contributed by atoms with Crippen molar-refractivity contribution < 1.29 is 9.59 Å². The highest BCUT2D eigenvalue weighted by molar-refractivity contribution is 6.30. The number of benzene rings is 2. The van der Waals surface area contributed by atoms with E-state index in [1.54, 1.807) is 48.3 Å². The molecule has 22 heavy (non-hydrogen) atoms. The summed E-state index contributed by atoms with van der Waals surface area (Å²) in [6, 6.07) is 14.3. The second kappa shape index (κ2) is 7.09. The van der Waals surface area contributed by atoms with Crippen LogP contribution in [0.15, 0.2) is 48.5 Å². The maximum atomic E-state index is 12.4. The van der Waals surface area contributed by atoms with E-state index in [-0.39, 0.29) is 11.8 Å². The van der Waals surface area contributed by atoms with E-state index in [0.29, 0.717) is 22.8 Å². The van der Waals surface area contributed by atoms with Crippen molar-refractivity contribution >= 4 is 29.1 Å². The zero-order chi connectivity index (χ0) is 16.1. The standard InChI is InChI=1S/C17H17ClN2O2/c1-12(21)19-16-5-3-4-14(10-16)17(22)20(2)11-13-6-8-15(18)9-7-13/h3-10H,11H2,1-2H3,(H,19,21). The van der Waals surface area contributed by atoms with Crippen LogP contribution in [0.3, 0.4) is 0 Å². The second-order valence-corrected chi connectivity index (χ2v) is 5.49. The lowest BCUT2D eigenvalue weighted by molar-refractivity contribution is -0.114. The fourth-order valence-corrected chi connectivity index (χ4v) is 2.22. The van der Waals surface area contributed by atoms with Gasteiger partial charge in [-0.15, -0.1) is 0 Å². The van der Waals surface area contributed by atoms with Crippen LogP contribution in [0.2, 0.25) is 5.02 Å². The van der Waals surface area contributed by atoms with E-state index in [1.165, 1.54) is 6.92 Å². The first-order valence-corrected chi connectivity index (χ1v) is 7.21. The molecule has 1 N–H and O–H groups in total. The zero-order valence-corrected chi connectivity index (χ0v) is 13.2. The fourth-order valence-electron chi connectivity index (χ4n) is 2.09. The molecule has 2 aromatic carbocycles. The Morgan fingerprint density at radius 3 is 2.45 bits per heavy atom. The predicted molar refractivity (Wildman–Crippen MR) is 88.0 cm³/mol. The highest BCUT2D eigenvalue weighted by Crippen LogP contribution is 2.15. The normalized spacial score (nSPS) is 10.1. The molecule has 4 nitrogen and oxygen atoms in total. The molecule has 0 aliphatic heterocycles. The van der Waals surface area contributed by atoms with Crippen LogP contribution < -0.4 is 5.32 Å². The Morgan fingerprint density at radius 2 is 1.82 bits per heavy atom. The Labute approximate surface area is 134 Å². The van der Waals surface area contributed by atoms with Crippen molar-refractivity contribution in [2.45, 2.75) is 13.5 Å². The number of carbonyl (C=O) groups is 2. The molecule has 0 saturated heterocycles. The summed E-state index contributed by atoms with van der Waals surface area (Å²) >= 11 is 5.85. The molecule has 0 fully saturated rings. The van der Waals surface area contributed by atoms with Crippen molar-refractivity contribution in [3.63, 3.8) is 0 Å². The maximum absolute atomic E-state index is 12.4. The number of nitrogens with zero attached hydrogens (tertiary/aromatic N) is 1. The van der Waals surface area contributed by atoms with E-state index < -0.39 is 0 Å². The van der Waals surface area contributed by atoms with Gasteiger partial charge in [0.15, 0.2) is 0 Å². The number of carbonyl (C=O) groups excluding carboxylic acids is 2. The predicted octanol–water partition coefficient (Wildman–Crippen LogP) is 3.57. The fraction of sp³-hybridized carbons (Fsp3) is 0.176. The van der Waals surface area contributed by atoms with Gasteiger partial charge in [-0.3, -0.25) is 9.59 Å². The lowest BCUT2D eigenvalue weighted by Gasteiger charge is -2.18. The number of nitrogens with one attached hydrogen (secondary N) is 1. The second-order valence-electron chi connectivity index (χ2n) is 5.05.